The lowest BCUT2D eigenvalue weighted by atomic mass is 10.0. The van der Waals surface area contributed by atoms with Crippen LogP contribution in [0.1, 0.15) is 22.9 Å². The fraction of sp³-hybridized carbons (Fsp3) is 0.312. The third kappa shape index (κ3) is 3.19. The van der Waals surface area contributed by atoms with Gasteiger partial charge in [0.2, 0.25) is 0 Å². The minimum Gasteiger partial charge on any atom is -0.389 e. The van der Waals surface area contributed by atoms with E-state index in [-0.39, 0.29) is 0 Å². The Bertz CT molecular complexity index is 591. The van der Waals surface area contributed by atoms with Crippen molar-refractivity contribution in [2.75, 3.05) is 11.9 Å². The number of aryl methyl sites for hydroxylation is 1. The Morgan fingerprint density at radius 1 is 1.35 bits per heavy atom. The summed E-state index contributed by atoms with van der Waals surface area (Å²) < 4.78 is 0. The highest BCUT2D eigenvalue weighted by Gasteiger charge is 2.17. The van der Waals surface area contributed by atoms with Crippen molar-refractivity contribution >= 4 is 34.2 Å². The third-order valence-electron chi connectivity index (χ3n) is 3.59. The van der Waals surface area contributed by atoms with Gasteiger partial charge in [-0.15, -0.1) is 11.3 Å². The maximum atomic E-state index is 5.86. The van der Waals surface area contributed by atoms with Crippen molar-refractivity contribution in [2.24, 2.45) is 5.73 Å². The van der Waals surface area contributed by atoms with E-state index in [0.29, 0.717) is 11.0 Å². The second-order valence-corrected chi connectivity index (χ2v) is 6.55. The summed E-state index contributed by atoms with van der Waals surface area (Å²) in [6.45, 7) is 4.33. The van der Waals surface area contributed by atoms with E-state index in [2.05, 4.69) is 49.4 Å². The molecule has 2 nitrogen and oxygen atoms in total. The number of thiocarbonyl (C=S) groups is 1. The maximum absolute atomic E-state index is 5.86. The molecule has 2 N–H and O–H groups in total. The first-order valence-corrected chi connectivity index (χ1v) is 7.94. The van der Waals surface area contributed by atoms with Crippen LogP contribution < -0.4 is 10.6 Å². The van der Waals surface area contributed by atoms with Gasteiger partial charge in [-0.2, -0.15) is 0 Å². The number of thiophene rings is 1. The number of anilines is 1. The monoisotopic (exact) mass is 304 g/mol. The Morgan fingerprint density at radius 2 is 2.10 bits per heavy atom. The molecule has 0 saturated carbocycles. The molecular formula is C16H20N2S2. The number of benzene rings is 1. The van der Waals surface area contributed by atoms with Gasteiger partial charge < -0.3 is 10.6 Å². The van der Waals surface area contributed by atoms with Crippen LogP contribution in [-0.4, -0.2) is 18.1 Å². The van der Waals surface area contributed by atoms with Crippen molar-refractivity contribution in [3.63, 3.8) is 0 Å². The molecule has 1 aromatic carbocycles. The van der Waals surface area contributed by atoms with Crippen molar-refractivity contribution in [3.05, 3.63) is 51.7 Å². The van der Waals surface area contributed by atoms with Gasteiger partial charge in [-0.25, -0.2) is 0 Å². The first-order chi connectivity index (χ1) is 9.50. The van der Waals surface area contributed by atoms with Gasteiger partial charge in [-0.1, -0.05) is 30.4 Å². The molecule has 2 aromatic rings. The Labute approximate surface area is 130 Å². The van der Waals surface area contributed by atoms with E-state index in [0.717, 1.165) is 17.7 Å². The number of hydrogen-bond acceptors (Lipinski definition) is 3. The van der Waals surface area contributed by atoms with Crippen LogP contribution in [0.4, 0.5) is 5.69 Å². The first-order valence-electron chi connectivity index (χ1n) is 6.65. The lowest BCUT2D eigenvalue weighted by molar-refractivity contribution is 0.686. The van der Waals surface area contributed by atoms with Gasteiger partial charge in [0.15, 0.2) is 0 Å². The number of hydrogen-bond donors (Lipinski definition) is 1. The standard InChI is InChI=1S/C16H20N2S2/c1-11-6-4-8-14(16(17)19)15(11)18(3)12(2)10-13-7-5-9-20-13/h4-9,12H,10H2,1-3H3,(H2,17,19). The average Bonchev–Trinajstić information content (AvgIpc) is 2.90. The van der Waals surface area contributed by atoms with Crippen LogP contribution in [0.2, 0.25) is 0 Å². The molecule has 4 heteroatoms. The fourth-order valence-corrected chi connectivity index (χ4v) is 3.39. The summed E-state index contributed by atoms with van der Waals surface area (Å²) >= 11 is 6.99. The molecule has 0 aliphatic heterocycles. The number of rotatable bonds is 5. The van der Waals surface area contributed by atoms with E-state index in [1.807, 2.05) is 12.1 Å². The molecule has 0 saturated heterocycles. The van der Waals surface area contributed by atoms with E-state index >= 15 is 0 Å². The summed E-state index contributed by atoms with van der Waals surface area (Å²) in [6, 6.07) is 10.8. The molecule has 0 radical (unpaired) electrons. The van der Waals surface area contributed by atoms with Crippen molar-refractivity contribution < 1.29 is 0 Å². The lowest BCUT2D eigenvalue weighted by Gasteiger charge is -2.30. The Kier molecular flexibility index (Phi) is 4.78. The Hall–Kier alpha value is -1.39. The summed E-state index contributed by atoms with van der Waals surface area (Å²) in [6.07, 6.45) is 1.03. The predicted molar refractivity (Wildman–Crippen MR) is 93.0 cm³/mol. The topological polar surface area (TPSA) is 29.3 Å². The van der Waals surface area contributed by atoms with Gasteiger partial charge in [-0.3, -0.25) is 0 Å². The zero-order valence-corrected chi connectivity index (χ0v) is 13.7. The number of para-hydroxylation sites is 1. The second-order valence-electron chi connectivity index (χ2n) is 5.08. The van der Waals surface area contributed by atoms with Crippen molar-refractivity contribution in [1.82, 2.24) is 0 Å². The van der Waals surface area contributed by atoms with Gasteiger partial charge in [0.05, 0.1) is 0 Å². The number of nitrogens with two attached hydrogens (primary N) is 1. The normalized spacial score (nSPS) is 12.2. The molecule has 20 heavy (non-hydrogen) atoms. The van der Waals surface area contributed by atoms with Crippen molar-refractivity contribution in [3.8, 4) is 0 Å². The quantitative estimate of drug-likeness (QED) is 0.853. The lowest BCUT2D eigenvalue weighted by Crippen LogP contribution is -2.33. The van der Waals surface area contributed by atoms with E-state index in [4.69, 9.17) is 18.0 Å². The highest BCUT2D eigenvalue weighted by molar-refractivity contribution is 7.80. The minimum absolute atomic E-state index is 0.392. The van der Waals surface area contributed by atoms with Crippen LogP contribution in [0, 0.1) is 6.92 Å². The van der Waals surface area contributed by atoms with Crippen LogP contribution in [-0.2, 0) is 6.42 Å². The molecule has 0 fully saturated rings. The predicted octanol–water partition coefficient (Wildman–Crippen LogP) is 3.76. The molecule has 1 heterocycles. The smallest absolute Gasteiger partial charge is 0.106 e. The molecule has 0 aliphatic rings. The van der Waals surface area contributed by atoms with Gasteiger partial charge in [0.1, 0.15) is 4.99 Å². The highest BCUT2D eigenvalue weighted by Crippen LogP contribution is 2.27. The highest BCUT2D eigenvalue weighted by atomic mass is 32.1. The second kappa shape index (κ2) is 6.37. The third-order valence-corrected chi connectivity index (χ3v) is 4.71. The SMILES string of the molecule is Cc1cccc(C(N)=S)c1N(C)C(C)Cc1cccs1. The summed E-state index contributed by atoms with van der Waals surface area (Å²) in [7, 11) is 2.11. The van der Waals surface area contributed by atoms with Gasteiger partial charge in [0.25, 0.3) is 0 Å². The molecule has 0 amide bonds. The summed E-state index contributed by atoms with van der Waals surface area (Å²) in [4.78, 5) is 4.14. The molecule has 0 bridgehead atoms. The number of likely N-dealkylation sites (N-methyl/N-ethyl adjacent to an activating group) is 1. The average molecular weight is 304 g/mol. The summed E-state index contributed by atoms with van der Waals surface area (Å²) in [5.74, 6) is 0. The van der Waals surface area contributed by atoms with Crippen molar-refractivity contribution in [1.29, 1.82) is 0 Å². The summed E-state index contributed by atoms with van der Waals surface area (Å²) in [5, 5.41) is 2.12. The van der Waals surface area contributed by atoms with Crippen LogP contribution in [0.5, 0.6) is 0 Å². The summed E-state index contributed by atoms with van der Waals surface area (Å²) in [5.41, 5.74) is 9.17. The van der Waals surface area contributed by atoms with Crippen LogP contribution >= 0.6 is 23.6 Å². The first kappa shape index (κ1) is 15.0. The van der Waals surface area contributed by atoms with E-state index in [1.54, 1.807) is 11.3 Å². The zero-order valence-electron chi connectivity index (χ0n) is 12.1. The molecule has 2 rings (SSSR count). The zero-order chi connectivity index (χ0) is 14.7. The molecule has 1 atom stereocenters. The molecule has 0 spiro atoms. The maximum Gasteiger partial charge on any atom is 0.106 e. The molecule has 0 aliphatic carbocycles. The molecule has 1 aromatic heterocycles. The van der Waals surface area contributed by atoms with Crippen LogP contribution in [0.3, 0.4) is 0 Å². The minimum atomic E-state index is 0.392. The van der Waals surface area contributed by atoms with Gasteiger partial charge >= 0.3 is 0 Å². The number of nitrogens with zero attached hydrogens (tertiary/aromatic N) is 1. The Balaban J connectivity index is 2.28. The molecule has 1 unspecified atom stereocenters. The van der Waals surface area contributed by atoms with E-state index in [9.17, 15) is 0 Å². The Morgan fingerprint density at radius 3 is 2.70 bits per heavy atom. The fourth-order valence-electron chi connectivity index (χ4n) is 2.40. The largest absolute Gasteiger partial charge is 0.389 e. The molecular weight excluding hydrogens is 284 g/mol. The van der Waals surface area contributed by atoms with Gasteiger partial charge in [0, 0.05) is 35.6 Å². The van der Waals surface area contributed by atoms with E-state index in [1.165, 1.54) is 10.4 Å². The van der Waals surface area contributed by atoms with Crippen molar-refractivity contribution in [2.45, 2.75) is 26.3 Å². The van der Waals surface area contributed by atoms with Crippen LogP contribution in [0.25, 0.3) is 0 Å². The van der Waals surface area contributed by atoms with Gasteiger partial charge in [-0.05, 0) is 36.9 Å². The van der Waals surface area contributed by atoms with Crippen LogP contribution in [0.15, 0.2) is 35.7 Å². The van der Waals surface area contributed by atoms with E-state index < -0.39 is 0 Å². The molecule has 106 valence electrons.